The molecule has 0 aliphatic heterocycles. The number of nitrogens with two attached hydrogens (primary N) is 1. The zero-order chi connectivity index (χ0) is 12.3. The second-order valence-electron chi connectivity index (χ2n) is 5.03. The first-order valence-electron chi connectivity index (χ1n) is 6.06. The van der Waals surface area contributed by atoms with Crippen molar-refractivity contribution < 1.29 is 9.32 Å². The van der Waals surface area contributed by atoms with Gasteiger partial charge >= 0.3 is 0 Å². The fourth-order valence-corrected chi connectivity index (χ4v) is 2.47. The average Bonchev–Trinajstić information content (AvgIpc) is 2.78. The third-order valence-corrected chi connectivity index (χ3v) is 3.41. The molecule has 0 aromatic carbocycles. The molecule has 1 aromatic rings. The highest BCUT2D eigenvalue weighted by Crippen LogP contribution is 2.30. The standard InChI is InChI=1S/C12H19N3O2/c1-9-3-2-5-12(13,7-9)11(16)14-8-10-4-6-17-15-10/h4,6,9H,2-3,5,7-8,13H2,1H3,(H,14,16). The molecule has 1 aliphatic carbocycles. The SMILES string of the molecule is CC1CCCC(N)(C(=O)NCc2ccon2)C1. The van der Waals surface area contributed by atoms with Gasteiger partial charge in [0.15, 0.2) is 0 Å². The van der Waals surface area contributed by atoms with Crippen molar-refractivity contribution in [2.75, 3.05) is 0 Å². The van der Waals surface area contributed by atoms with E-state index in [0.717, 1.165) is 25.7 Å². The lowest BCUT2D eigenvalue weighted by molar-refractivity contribution is -0.128. The minimum absolute atomic E-state index is 0.0768. The van der Waals surface area contributed by atoms with Crippen molar-refractivity contribution >= 4 is 5.91 Å². The molecule has 0 saturated heterocycles. The maximum atomic E-state index is 12.1. The first-order chi connectivity index (χ1) is 8.10. The van der Waals surface area contributed by atoms with Crippen LogP contribution in [0, 0.1) is 5.92 Å². The van der Waals surface area contributed by atoms with Crippen molar-refractivity contribution in [3.05, 3.63) is 18.0 Å². The van der Waals surface area contributed by atoms with Gasteiger partial charge in [-0.1, -0.05) is 24.9 Å². The van der Waals surface area contributed by atoms with E-state index in [4.69, 9.17) is 10.3 Å². The van der Waals surface area contributed by atoms with Crippen LogP contribution in [-0.4, -0.2) is 16.6 Å². The van der Waals surface area contributed by atoms with Gasteiger partial charge in [-0.2, -0.15) is 0 Å². The first kappa shape index (κ1) is 12.1. The molecular weight excluding hydrogens is 218 g/mol. The van der Waals surface area contributed by atoms with Gasteiger partial charge in [-0.15, -0.1) is 0 Å². The molecule has 2 atom stereocenters. The molecule has 0 radical (unpaired) electrons. The van der Waals surface area contributed by atoms with Crippen LogP contribution in [0.1, 0.15) is 38.3 Å². The van der Waals surface area contributed by atoms with E-state index in [9.17, 15) is 4.79 Å². The van der Waals surface area contributed by atoms with E-state index in [1.165, 1.54) is 6.26 Å². The molecule has 5 nitrogen and oxygen atoms in total. The Bertz CT molecular complexity index is 377. The van der Waals surface area contributed by atoms with Crippen molar-refractivity contribution in [1.29, 1.82) is 0 Å². The summed E-state index contributed by atoms with van der Waals surface area (Å²) >= 11 is 0. The van der Waals surface area contributed by atoms with Crippen molar-refractivity contribution in [2.45, 2.75) is 44.7 Å². The second kappa shape index (κ2) is 4.87. The Kier molecular flexibility index (Phi) is 3.47. The van der Waals surface area contributed by atoms with Crippen LogP contribution in [0.2, 0.25) is 0 Å². The number of carbonyl (C=O) groups is 1. The summed E-state index contributed by atoms with van der Waals surface area (Å²) in [6, 6.07) is 1.73. The molecule has 2 unspecified atom stereocenters. The van der Waals surface area contributed by atoms with Gasteiger partial charge in [0, 0.05) is 6.07 Å². The molecular formula is C12H19N3O2. The highest BCUT2D eigenvalue weighted by Gasteiger charge is 2.37. The van der Waals surface area contributed by atoms with Crippen molar-refractivity contribution in [3.8, 4) is 0 Å². The number of nitrogens with zero attached hydrogens (tertiary/aromatic N) is 1. The van der Waals surface area contributed by atoms with Crippen molar-refractivity contribution in [2.24, 2.45) is 11.7 Å². The molecule has 1 aromatic heterocycles. The average molecular weight is 237 g/mol. The normalized spacial score (nSPS) is 28.9. The van der Waals surface area contributed by atoms with Crippen LogP contribution in [0.15, 0.2) is 16.9 Å². The third kappa shape index (κ3) is 2.85. The summed E-state index contributed by atoms with van der Waals surface area (Å²) in [5, 5.41) is 6.57. The number of amides is 1. The maximum Gasteiger partial charge on any atom is 0.240 e. The zero-order valence-electron chi connectivity index (χ0n) is 10.1. The van der Waals surface area contributed by atoms with Crippen LogP contribution in [-0.2, 0) is 11.3 Å². The van der Waals surface area contributed by atoms with Gasteiger partial charge in [0.1, 0.15) is 12.0 Å². The molecule has 3 N–H and O–H groups in total. The van der Waals surface area contributed by atoms with E-state index in [1.54, 1.807) is 6.07 Å². The molecule has 0 spiro atoms. The van der Waals surface area contributed by atoms with Crippen LogP contribution < -0.4 is 11.1 Å². The Hall–Kier alpha value is -1.36. The van der Waals surface area contributed by atoms with E-state index < -0.39 is 5.54 Å². The van der Waals surface area contributed by atoms with Gasteiger partial charge in [0.05, 0.1) is 12.1 Å². The van der Waals surface area contributed by atoms with E-state index in [1.807, 2.05) is 0 Å². The van der Waals surface area contributed by atoms with Gasteiger partial charge in [-0.3, -0.25) is 4.79 Å². The van der Waals surface area contributed by atoms with Gasteiger partial charge < -0.3 is 15.6 Å². The van der Waals surface area contributed by atoms with Gasteiger partial charge in [-0.25, -0.2) is 0 Å². The van der Waals surface area contributed by atoms with Crippen molar-refractivity contribution in [3.63, 3.8) is 0 Å². The molecule has 1 fully saturated rings. The Morgan fingerprint density at radius 2 is 2.59 bits per heavy atom. The van der Waals surface area contributed by atoms with E-state index in [0.29, 0.717) is 18.2 Å². The molecule has 5 heteroatoms. The maximum absolute atomic E-state index is 12.1. The summed E-state index contributed by atoms with van der Waals surface area (Å²) in [4.78, 5) is 12.1. The molecule has 94 valence electrons. The van der Waals surface area contributed by atoms with Gasteiger partial charge in [-0.05, 0) is 18.8 Å². The minimum atomic E-state index is -0.707. The monoisotopic (exact) mass is 237 g/mol. The summed E-state index contributed by atoms with van der Waals surface area (Å²) in [6.45, 7) is 2.52. The van der Waals surface area contributed by atoms with E-state index >= 15 is 0 Å². The van der Waals surface area contributed by atoms with Gasteiger partial charge in [0.2, 0.25) is 5.91 Å². The molecule has 1 heterocycles. The smallest absolute Gasteiger partial charge is 0.240 e. The van der Waals surface area contributed by atoms with E-state index in [-0.39, 0.29) is 5.91 Å². The van der Waals surface area contributed by atoms with Crippen LogP contribution in [0.4, 0.5) is 0 Å². The summed E-state index contributed by atoms with van der Waals surface area (Å²) in [7, 11) is 0. The Balaban J connectivity index is 1.90. The van der Waals surface area contributed by atoms with Crippen LogP contribution in [0.25, 0.3) is 0 Å². The van der Waals surface area contributed by atoms with Crippen molar-refractivity contribution in [1.82, 2.24) is 10.5 Å². The molecule has 1 saturated carbocycles. The highest BCUT2D eigenvalue weighted by molar-refractivity contribution is 5.86. The molecule has 1 aliphatic rings. The van der Waals surface area contributed by atoms with Gasteiger partial charge in [0.25, 0.3) is 0 Å². The van der Waals surface area contributed by atoms with E-state index in [2.05, 4.69) is 17.4 Å². The highest BCUT2D eigenvalue weighted by atomic mass is 16.5. The number of aromatic nitrogens is 1. The Morgan fingerprint density at radius 3 is 3.24 bits per heavy atom. The number of carbonyl (C=O) groups excluding carboxylic acids is 1. The number of hydrogen-bond acceptors (Lipinski definition) is 4. The predicted octanol–water partition coefficient (Wildman–Crippen LogP) is 1.20. The topological polar surface area (TPSA) is 81.2 Å². The number of hydrogen-bond donors (Lipinski definition) is 2. The van der Waals surface area contributed by atoms with Crippen LogP contribution >= 0.6 is 0 Å². The minimum Gasteiger partial charge on any atom is -0.364 e. The number of rotatable bonds is 3. The summed E-state index contributed by atoms with van der Waals surface area (Å²) in [5.41, 5.74) is 6.18. The molecule has 1 amide bonds. The summed E-state index contributed by atoms with van der Waals surface area (Å²) in [6.07, 6.45) is 5.20. The number of nitrogens with one attached hydrogen (secondary N) is 1. The second-order valence-corrected chi connectivity index (χ2v) is 5.03. The van der Waals surface area contributed by atoms with Crippen LogP contribution in [0.3, 0.4) is 0 Å². The predicted molar refractivity (Wildman–Crippen MR) is 62.9 cm³/mol. The molecule has 0 bridgehead atoms. The third-order valence-electron chi connectivity index (χ3n) is 3.41. The quantitative estimate of drug-likeness (QED) is 0.827. The lowest BCUT2D eigenvalue weighted by Gasteiger charge is -2.35. The molecule has 17 heavy (non-hydrogen) atoms. The fraction of sp³-hybridized carbons (Fsp3) is 0.667. The summed E-state index contributed by atoms with van der Waals surface area (Å²) < 4.78 is 4.70. The Labute approximate surface area is 101 Å². The lowest BCUT2D eigenvalue weighted by atomic mass is 9.76. The first-order valence-corrected chi connectivity index (χ1v) is 6.06. The largest absolute Gasteiger partial charge is 0.364 e. The zero-order valence-corrected chi connectivity index (χ0v) is 10.1. The summed E-state index contributed by atoms with van der Waals surface area (Å²) in [5.74, 6) is 0.443. The Morgan fingerprint density at radius 1 is 1.76 bits per heavy atom. The fourth-order valence-electron chi connectivity index (χ4n) is 2.47. The van der Waals surface area contributed by atoms with Crippen LogP contribution in [0.5, 0.6) is 0 Å². The lowest BCUT2D eigenvalue weighted by Crippen LogP contribution is -2.56. The molecule has 2 rings (SSSR count).